The lowest BCUT2D eigenvalue weighted by molar-refractivity contribution is -0.385. The third-order valence-corrected chi connectivity index (χ3v) is 1.76. The number of methoxy groups -OCH3 is 1. The van der Waals surface area contributed by atoms with Gasteiger partial charge in [-0.1, -0.05) is 18.2 Å². The lowest BCUT2D eigenvalue weighted by Crippen LogP contribution is -1.93. The maximum Gasteiger partial charge on any atom is 0.311 e. The molecule has 4 heteroatoms. The first-order valence-electron chi connectivity index (χ1n) is 4.14. The molecule has 0 amide bonds. The standard InChI is InChI=1S/C10H11NO3/c1-3-4-8-5-6-10(14-2)9(7-8)11(12)13/h3-7H,1-2H3. The van der Waals surface area contributed by atoms with Crippen molar-refractivity contribution in [1.29, 1.82) is 0 Å². The van der Waals surface area contributed by atoms with E-state index in [0.29, 0.717) is 0 Å². The number of nitrogens with zero attached hydrogens (tertiary/aromatic N) is 1. The monoisotopic (exact) mass is 193 g/mol. The number of allylic oxidation sites excluding steroid dienone is 1. The maximum absolute atomic E-state index is 10.6. The first kappa shape index (κ1) is 10.2. The molecule has 1 aromatic rings. The molecular formula is C10H11NO3. The van der Waals surface area contributed by atoms with E-state index in [4.69, 9.17) is 4.74 Å². The molecule has 0 aliphatic carbocycles. The minimum atomic E-state index is -0.453. The average Bonchev–Trinajstić information content (AvgIpc) is 2.18. The zero-order chi connectivity index (χ0) is 10.6. The normalized spacial score (nSPS) is 10.4. The van der Waals surface area contributed by atoms with Gasteiger partial charge < -0.3 is 4.74 Å². The molecule has 0 aliphatic heterocycles. The molecule has 0 N–H and O–H groups in total. The summed E-state index contributed by atoms with van der Waals surface area (Å²) >= 11 is 0. The second-order valence-corrected chi connectivity index (χ2v) is 2.69. The van der Waals surface area contributed by atoms with Crippen LogP contribution >= 0.6 is 0 Å². The predicted octanol–water partition coefficient (Wildman–Crippen LogP) is 2.64. The Morgan fingerprint density at radius 3 is 2.71 bits per heavy atom. The molecule has 0 atom stereocenters. The average molecular weight is 193 g/mol. The van der Waals surface area contributed by atoms with Crippen LogP contribution in [-0.4, -0.2) is 12.0 Å². The zero-order valence-corrected chi connectivity index (χ0v) is 8.06. The molecule has 4 nitrogen and oxygen atoms in total. The smallest absolute Gasteiger partial charge is 0.311 e. The Morgan fingerprint density at radius 2 is 2.21 bits per heavy atom. The van der Waals surface area contributed by atoms with E-state index in [9.17, 15) is 10.1 Å². The summed E-state index contributed by atoms with van der Waals surface area (Å²) in [7, 11) is 1.41. The van der Waals surface area contributed by atoms with Crippen LogP contribution in [0.2, 0.25) is 0 Å². The molecule has 0 spiro atoms. The topological polar surface area (TPSA) is 52.4 Å². The van der Waals surface area contributed by atoms with Crippen molar-refractivity contribution < 1.29 is 9.66 Å². The minimum Gasteiger partial charge on any atom is -0.490 e. The molecule has 0 unspecified atom stereocenters. The van der Waals surface area contributed by atoms with Crippen LogP contribution in [-0.2, 0) is 0 Å². The molecule has 0 aromatic heterocycles. The fraction of sp³-hybridized carbons (Fsp3) is 0.200. The summed E-state index contributed by atoms with van der Waals surface area (Å²) in [6.45, 7) is 1.86. The summed E-state index contributed by atoms with van der Waals surface area (Å²) in [5.41, 5.74) is 0.781. The Hall–Kier alpha value is -1.84. The highest BCUT2D eigenvalue weighted by Crippen LogP contribution is 2.27. The van der Waals surface area contributed by atoms with Gasteiger partial charge in [0.2, 0.25) is 0 Å². The molecule has 0 radical (unpaired) electrons. The molecule has 1 aromatic carbocycles. The lowest BCUT2D eigenvalue weighted by atomic mass is 10.2. The van der Waals surface area contributed by atoms with Crippen LogP contribution in [0.5, 0.6) is 5.75 Å². The molecule has 0 fully saturated rings. The van der Waals surface area contributed by atoms with Crippen LogP contribution in [0.15, 0.2) is 24.3 Å². The number of rotatable bonds is 3. The van der Waals surface area contributed by atoms with E-state index in [1.807, 2.05) is 13.0 Å². The summed E-state index contributed by atoms with van der Waals surface area (Å²) in [6, 6.07) is 4.85. The number of nitro groups is 1. The van der Waals surface area contributed by atoms with Gasteiger partial charge >= 0.3 is 5.69 Å². The van der Waals surface area contributed by atoms with E-state index in [0.717, 1.165) is 5.56 Å². The van der Waals surface area contributed by atoms with Crippen LogP contribution in [0.1, 0.15) is 12.5 Å². The van der Waals surface area contributed by atoms with Crippen molar-refractivity contribution in [2.75, 3.05) is 7.11 Å². The first-order valence-corrected chi connectivity index (χ1v) is 4.14. The highest BCUT2D eigenvalue weighted by Gasteiger charge is 2.13. The number of hydrogen-bond donors (Lipinski definition) is 0. The molecule has 74 valence electrons. The SMILES string of the molecule is CC=Cc1ccc(OC)c([N+](=O)[O-])c1. The summed E-state index contributed by atoms with van der Waals surface area (Å²) in [6.07, 6.45) is 3.62. The van der Waals surface area contributed by atoms with Gasteiger partial charge in [0.1, 0.15) is 0 Å². The van der Waals surface area contributed by atoms with E-state index in [2.05, 4.69) is 0 Å². The van der Waals surface area contributed by atoms with E-state index in [1.54, 1.807) is 18.2 Å². The van der Waals surface area contributed by atoms with Crippen LogP contribution in [0.25, 0.3) is 6.08 Å². The van der Waals surface area contributed by atoms with Crippen molar-refractivity contribution in [3.63, 3.8) is 0 Å². The van der Waals surface area contributed by atoms with Gasteiger partial charge in [-0.3, -0.25) is 10.1 Å². The molecule has 0 aliphatic rings. The fourth-order valence-electron chi connectivity index (χ4n) is 1.15. The highest BCUT2D eigenvalue weighted by molar-refractivity contribution is 5.58. The molecular weight excluding hydrogens is 182 g/mol. The van der Waals surface area contributed by atoms with Crippen molar-refractivity contribution in [2.24, 2.45) is 0 Å². The summed E-state index contributed by atoms with van der Waals surface area (Å²) < 4.78 is 4.87. The predicted molar refractivity (Wildman–Crippen MR) is 54.4 cm³/mol. The number of hydrogen-bond acceptors (Lipinski definition) is 3. The Kier molecular flexibility index (Phi) is 3.23. The molecule has 0 saturated carbocycles. The second-order valence-electron chi connectivity index (χ2n) is 2.69. The Bertz CT molecular complexity index is 372. The molecule has 0 saturated heterocycles. The van der Waals surface area contributed by atoms with Gasteiger partial charge in [0.15, 0.2) is 5.75 Å². The zero-order valence-electron chi connectivity index (χ0n) is 8.06. The van der Waals surface area contributed by atoms with Crippen LogP contribution < -0.4 is 4.74 Å². The van der Waals surface area contributed by atoms with Gasteiger partial charge in [0.25, 0.3) is 0 Å². The van der Waals surface area contributed by atoms with Crippen molar-refractivity contribution in [3.05, 3.63) is 40.0 Å². The number of nitro benzene ring substituents is 1. The van der Waals surface area contributed by atoms with Gasteiger partial charge in [0, 0.05) is 6.07 Å². The Morgan fingerprint density at radius 1 is 1.50 bits per heavy atom. The minimum absolute atomic E-state index is 0.0110. The third kappa shape index (κ3) is 2.10. The molecule has 0 bridgehead atoms. The van der Waals surface area contributed by atoms with E-state index in [-0.39, 0.29) is 11.4 Å². The summed E-state index contributed by atoms with van der Waals surface area (Å²) in [5, 5.41) is 10.6. The highest BCUT2D eigenvalue weighted by atomic mass is 16.6. The Balaban J connectivity index is 3.20. The van der Waals surface area contributed by atoms with E-state index >= 15 is 0 Å². The van der Waals surface area contributed by atoms with Crippen molar-refractivity contribution in [1.82, 2.24) is 0 Å². The fourth-order valence-corrected chi connectivity index (χ4v) is 1.15. The third-order valence-electron chi connectivity index (χ3n) is 1.76. The van der Waals surface area contributed by atoms with Crippen molar-refractivity contribution in [2.45, 2.75) is 6.92 Å². The lowest BCUT2D eigenvalue weighted by Gasteiger charge is -2.01. The van der Waals surface area contributed by atoms with E-state index < -0.39 is 4.92 Å². The van der Waals surface area contributed by atoms with Gasteiger partial charge in [-0.05, 0) is 18.6 Å². The number of benzene rings is 1. The van der Waals surface area contributed by atoms with Gasteiger partial charge in [-0.2, -0.15) is 0 Å². The first-order chi connectivity index (χ1) is 6.69. The molecule has 1 rings (SSSR count). The Labute approximate surface area is 82.0 Å². The van der Waals surface area contributed by atoms with Gasteiger partial charge in [0.05, 0.1) is 12.0 Å². The summed E-state index contributed by atoms with van der Waals surface area (Å²) in [4.78, 5) is 10.2. The van der Waals surface area contributed by atoms with Crippen LogP contribution in [0.3, 0.4) is 0 Å². The summed E-state index contributed by atoms with van der Waals surface area (Å²) in [5.74, 6) is 0.281. The van der Waals surface area contributed by atoms with Crippen molar-refractivity contribution in [3.8, 4) is 5.75 Å². The van der Waals surface area contributed by atoms with Crippen LogP contribution in [0.4, 0.5) is 5.69 Å². The quantitative estimate of drug-likeness (QED) is 0.547. The molecule has 14 heavy (non-hydrogen) atoms. The van der Waals surface area contributed by atoms with Crippen molar-refractivity contribution >= 4 is 11.8 Å². The van der Waals surface area contributed by atoms with E-state index in [1.165, 1.54) is 13.2 Å². The largest absolute Gasteiger partial charge is 0.490 e. The second kappa shape index (κ2) is 4.41. The molecule has 0 heterocycles. The van der Waals surface area contributed by atoms with Gasteiger partial charge in [-0.15, -0.1) is 0 Å². The van der Waals surface area contributed by atoms with Gasteiger partial charge in [-0.25, -0.2) is 0 Å². The maximum atomic E-state index is 10.6. The number of ether oxygens (including phenoxy) is 1. The van der Waals surface area contributed by atoms with Crippen LogP contribution in [0, 0.1) is 10.1 Å².